The molecule has 1 fully saturated rings. The van der Waals surface area contributed by atoms with Gasteiger partial charge in [-0.2, -0.15) is 0 Å². The number of thiophene rings is 1. The predicted molar refractivity (Wildman–Crippen MR) is 151 cm³/mol. The van der Waals surface area contributed by atoms with E-state index >= 15 is 4.39 Å². The first-order valence-electron chi connectivity index (χ1n) is 12.9. The second-order valence-corrected chi connectivity index (χ2v) is 11.2. The Kier molecular flexibility index (Phi) is 7.82. The third-order valence-electron chi connectivity index (χ3n) is 7.63. The molecule has 0 bridgehead atoms. The second-order valence-electron chi connectivity index (χ2n) is 9.79. The third-order valence-corrected chi connectivity index (χ3v) is 9.30. The van der Waals surface area contributed by atoms with Crippen LogP contribution in [0.15, 0.2) is 66.7 Å². The van der Waals surface area contributed by atoms with E-state index in [-0.39, 0.29) is 24.3 Å². The fraction of sp³-hybridized carbons (Fsp3) is 0.323. The SMILES string of the molecule is CCC1CCC(N(Cc2cc(-c3ccc(OC)cc3)ccc2F)C(=O)c2sc3ccccc3c2Cl)CC1. The normalized spacial score (nSPS) is 17.6. The van der Waals surface area contributed by atoms with Crippen LogP contribution >= 0.6 is 22.9 Å². The maximum atomic E-state index is 15.2. The average Bonchev–Trinajstić information content (AvgIpc) is 3.29. The summed E-state index contributed by atoms with van der Waals surface area (Å²) < 4.78 is 21.4. The molecule has 6 heteroatoms. The van der Waals surface area contributed by atoms with Crippen LogP contribution in [0.5, 0.6) is 5.75 Å². The highest BCUT2D eigenvalue weighted by molar-refractivity contribution is 7.21. The molecule has 3 aromatic carbocycles. The summed E-state index contributed by atoms with van der Waals surface area (Å²) in [4.78, 5) is 16.5. The summed E-state index contributed by atoms with van der Waals surface area (Å²) in [5.74, 6) is 1.04. The van der Waals surface area contributed by atoms with Crippen molar-refractivity contribution >= 4 is 38.9 Å². The van der Waals surface area contributed by atoms with E-state index in [1.807, 2.05) is 59.5 Å². The molecule has 5 rings (SSSR count). The topological polar surface area (TPSA) is 29.5 Å². The Morgan fingerprint density at radius 3 is 2.41 bits per heavy atom. The van der Waals surface area contributed by atoms with Gasteiger partial charge in [-0.1, -0.05) is 61.3 Å². The first-order chi connectivity index (χ1) is 18.0. The molecule has 0 unspecified atom stereocenters. The second kappa shape index (κ2) is 11.2. The highest BCUT2D eigenvalue weighted by Gasteiger charge is 2.32. The lowest BCUT2D eigenvalue weighted by Crippen LogP contribution is -2.42. The zero-order valence-electron chi connectivity index (χ0n) is 21.2. The molecule has 0 atom stereocenters. The molecule has 4 aromatic rings. The van der Waals surface area contributed by atoms with Crippen molar-refractivity contribution in [3.63, 3.8) is 0 Å². The number of rotatable bonds is 7. The Bertz CT molecular complexity index is 1390. The molecule has 1 amide bonds. The van der Waals surface area contributed by atoms with Crippen LogP contribution < -0.4 is 4.74 Å². The largest absolute Gasteiger partial charge is 0.497 e. The van der Waals surface area contributed by atoms with Crippen LogP contribution in [-0.2, 0) is 6.54 Å². The minimum Gasteiger partial charge on any atom is -0.497 e. The van der Waals surface area contributed by atoms with Gasteiger partial charge in [0.05, 0.1) is 12.1 Å². The maximum absolute atomic E-state index is 15.2. The molecule has 1 aliphatic carbocycles. The maximum Gasteiger partial charge on any atom is 0.266 e. The molecule has 192 valence electrons. The lowest BCUT2D eigenvalue weighted by atomic mass is 9.83. The Balaban J connectivity index is 1.49. The number of carbonyl (C=O) groups is 1. The standard InChI is InChI=1S/C31H31ClFNO2S/c1-3-20-8-13-24(14-9-20)34(31(35)30-29(32)26-6-4-5-7-28(26)37-30)19-23-18-22(12-17-27(23)33)21-10-15-25(36-2)16-11-21/h4-7,10-12,15-18,20,24H,3,8-9,13-14,19H2,1-2H3. The van der Waals surface area contributed by atoms with Crippen LogP contribution in [-0.4, -0.2) is 24.0 Å². The van der Waals surface area contributed by atoms with Gasteiger partial charge in [0.1, 0.15) is 16.4 Å². The van der Waals surface area contributed by atoms with Crippen molar-refractivity contribution in [2.24, 2.45) is 5.92 Å². The van der Waals surface area contributed by atoms with Crippen LogP contribution in [0.3, 0.4) is 0 Å². The van der Waals surface area contributed by atoms with Crippen LogP contribution in [0, 0.1) is 11.7 Å². The first-order valence-corrected chi connectivity index (χ1v) is 14.1. The quantitative estimate of drug-likeness (QED) is 0.236. The smallest absolute Gasteiger partial charge is 0.266 e. The number of amides is 1. The van der Waals surface area contributed by atoms with Gasteiger partial charge in [0, 0.05) is 28.2 Å². The molecule has 0 spiro atoms. The van der Waals surface area contributed by atoms with Crippen molar-refractivity contribution in [3.05, 3.63) is 88.0 Å². The summed E-state index contributed by atoms with van der Waals surface area (Å²) in [5, 5.41) is 1.38. The van der Waals surface area contributed by atoms with E-state index in [1.54, 1.807) is 13.2 Å². The number of hydrogen-bond acceptors (Lipinski definition) is 3. The van der Waals surface area contributed by atoms with Crippen LogP contribution in [0.4, 0.5) is 4.39 Å². The van der Waals surface area contributed by atoms with Crippen molar-refractivity contribution in [1.82, 2.24) is 4.90 Å². The van der Waals surface area contributed by atoms with E-state index in [1.165, 1.54) is 17.4 Å². The molecule has 1 aromatic heterocycles. The van der Waals surface area contributed by atoms with Gasteiger partial charge < -0.3 is 9.64 Å². The Morgan fingerprint density at radius 1 is 1.03 bits per heavy atom. The Hall–Kier alpha value is -2.89. The summed E-state index contributed by atoms with van der Waals surface area (Å²) in [6, 6.07) is 20.7. The molecular formula is C31H31ClFNO2S. The first kappa shape index (κ1) is 25.7. The number of ether oxygens (including phenoxy) is 1. The van der Waals surface area contributed by atoms with E-state index in [2.05, 4.69) is 6.92 Å². The van der Waals surface area contributed by atoms with Crippen LogP contribution in [0.25, 0.3) is 21.2 Å². The van der Waals surface area contributed by atoms with Crippen LogP contribution in [0.2, 0.25) is 5.02 Å². The van der Waals surface area contributed by atoms with Gasteiger partial charge >= 0.3 is 0 Å². The Labute approximate surface area is 226 Å². The van der Waals surface area contributed by atoms with Gasteiger partial charge in [-0.25, -0.2) is 4.39 Å². The minimum atomic E-state index is -0.306. The molecule has 1 aliphatic rings. The number of nitrogens with zero attached hydrogens (tertiary/aromatic N) is 1. The average molecular weight is 536 g/mol. The minimum absolute atomic E-state index is 0.0561. The summed E-state index contributed by atoms with van der Waals surface area (Å²) >= 11 is 8.14. The third kappa shape index (κ3) is 5.39. The number of benzene rings is 3. The number of methoxy groups -OCH3 is 1. The molecule has 0 aliphatic heterocycles. The summed E-state index contributed by atoms with van der Waals surface area (Å²) in [7, 11) is 1.63. The summed E-state index contributed by atoms with van der Waals surface area (Å²) in [6.07, 6.45) is 5.17. The molecule has 0 N–H and O–H groups in total. The fourth-order valence-corrected chi connectivity index (χ4v) is 6.82. The molecule has 1 saturated carbocycles. The van der Waals surface area contributed by atoms with Crippen molar-refractivity contribution in [2.75, 3.05) is 7.11 Å². The fourth-order valence-electron chi connectivity index (χ4n) is 5.36. The van der Waals surface area contributed by atoms with E-state index in [4.69, 9.17) is 16.3 Å². The summed E-state index contributed by atoms with van der Waals surface area (Å²) in [5.41, 5.74) is 2.38. The van der Waals surface area contributed by atoms with Gasteiger partial charge in [-0.05, 0) is 73.1 Å². The van der Waals surface area contributed by atoms with Crippen molar-refractivity contribution in [2.45, 2.75) is 51.6 Å². The predicted octanol–water partition coefficient (Wildman–Crippen LogP) is 8.98. The van der Waals surface area contributed by atoms with Gasteiger partial charge in [0.15, 0.2) is 0 Å². The lowest BCUT2D eigenvalue weighted by Gasteiger charge is -2.37. The van der Waals surface area contributed by atoms with E-state index < -0.39 is 0 Å². The van der Waals surface area contributed by atoms with Gasteiger partial charge in [0.2, 0.25) is 0 Å². The van der Waals surface area contributed by atoms with Crippen molar-refractivity contribution in [1.29, 1.82) is 0 Å². The number of carbonyl (C=O) groups excluding carboxylic acids is 1. The van der Waals surface area contributed by atoms with Crippen molar-refractivity contribution < 1.29 is 13.9 Å². The van der Waals surface area contributed by atoms with Crippen molar-refractivity contribution in [3.8, 4) is 16.9 Å². The molecule has 0 radical (unpaired) electrons. The molecular weight excluding hydrogens is 505 g/mol. The summed E-state index contributed by atoms with van der Waals surface area (Å²) in [6.45, 7) is 2.44. The van der Waals surface area contributed by atoms with E-state index in [0.29, 0.717) is 21.4 Å². The Morgan fingerprint density at radius 2 is 1.73 bits per heavy atom. The molecule has 3 nitrogen and oxygen atoms in total. The van der Waals surface area contributed by atoms with E-state index in [9.17, 15) is 4.79 Å². The monoisotopic (exact) mass is 535 g/mol. The van der Waals surface area contributed by atoms with Gasteiger partial charge in [0.25, 0.3) is 5.91 Å². The van der Waals surface area contributed by atoms with E-state index in [0.717, 1.165) is 59.1 Å². The number of hydrogen-bond donors (Lipinski definition) is 0. The van der Waals surface area contributed by atoms with Gasteiger partial charge in [-0.15, -0.1) is 11.3 Å². The number of fused-ring (bicyclic) bond motifs is 1. The van der Waals surface area contributed by atoms with Crippen LogP contribution in [0.1, 0.15) is 54.3 Å². The highest BCUT2D eigenvalue weighted by Crippen LogP contribution is 2.38. The molecule has 0 saturated heterocycles. The van der Waals surface area contributed by atoms with Gasteiger partial charge in [-0.3, -0.25) is 4.79 Å². The zero-order chi connectivity index (χ0) is 25.9. The zero-order valence-corrected chi connectivity index (χ0v) is 22.7. The highest BCUT2D eigenvalue weighted by atomic mass is 35.5. The molecule has 1 heterocycles. The number of halogens is 2. The lowest BCUT2D eigenvalue weighted by molar-refractivity contribution is 0.0590. The molecule has 37 heavy (non-hydrogen) atoms.